The number of rotatable bonds is 4. The maximum atomic E-state index is 13.3. The van der Waals surface area contributed by atoms with Crippen LogP contribution >= 0.6 is 0 Å². The molecule has 0 spiro atoms. The molecular formula is C23H22N4O4. The highest BCUT2D eigenvalue weighted by molar-refractivity contribution is 6.15. The Bertz CT molecular complexity index is 1140. The number of aromatic nitrogens is 2. The third kappa shape index (κ3) is 3.68. The molecule has 1 atom stereocenters. The molecule has 2 aromatic carbocycles. The van der Waals surface area contributed by atoms with Gasteiger partial charge in [-0.15, -0.1) is 0 Å². The lowest BCUT2D eigenvalue weighted by Crippen LogP contribution is -2.60. The highest BCUT2D eigenvalue weighted by atomic mass is 16.5. The van der Waals surface area contributed by atoms with E-state index in [2.05, 4.69) is 10.4 Å². The Morgan fingerprint density at radius 1 is 1.06 bits per heavy atom. The average Bonchev–Trinajstić information content (AvgIpc) is 3.29. The van der Waals surface area contributed by atoms with Crippen molar-refractivity contribution in [3.8, 4) is 5.69 Å². The molecule has 0 saturated heterocycles. The van der Waals surface area contributed by atoms with Crippen molar-refractivity contribution in [3.05, 3.63) is 72.6 Å². The number of nitrogens with one attached hydrogen (secondary N) is 1. The largest absolute Gasteiger partial charge is 0.449 e. The topological polar surface area (TPSA) is 93.5 Å². The third-order valence-corrected chi connectivity index (χ3v) is 5.23. The van der Waals surface area contributed by atoms with Gasteiger partial charge in [0.05, 0.1) is 22.6 Å². The molecule has 0 fully saturated rings. The van der Waals surface area contributed by atoms with Crippen molar-refractivity contribution in [2.24, 2.45) is 0 Å². The number of hydrogen-bond donors (Lipinski definition) is 1. The molecule has 8 nitrogen and oxygen atoms in total. The minimum absolute atomic E-state index is 0.312. The molecule has 1 aromatic heterocycles. The molecule has 3 aromatic rings. The molecule has 2 amide bonds. The number of amides is 2. The lowest BCUT2D eigenvalue weighted by atomic mass is 9.95. The predicted molar refractivity (Wildman–Crippen MR) is 115 cm³/mol. The summed E-state index contributed by atoms with van der Waals surface area (Å²) in [5.74, 6) is -1.42. The molecule has 8 heteroatoms. The summed E-state index contributed by atoms with van der Waals surface area (Å²) >= 11 is 0. The summed E-state index contributed by atoms with van der Waals surface area (Å²) < 4.78 is 7.11. The van der Waals surface area contributed by atoms with Crippen LogP contribution in [-0.2, 0) is 14.3 Å². The zero-order valence-corrected chi connectivity index (χ0v) is 17.4. The average molecular weight is 418 g/mol. The van der Waals surface area contributed by atoms with Gasteiger partial charge >= 0.3 is 5.97 Å². The fourth-order valence-electron chi connectivity index (χ4n) is 3.48. The number of hydrogen-bond acceptors (Lipinski definition) is 5. The molecule has 0 bridgehead atoms. The fourth-order valence-corrected chi connectivity index (χ4v) is 3.48. The van der Waals surface area contributed by atoms with Gasteiger partial charge in [-0.1, -0.05) is 12.1 Å². The molecule has 0 saturated carbocycles. The van der Waals surface area contributed by atoms with Gasteiger partial charge < -0.3 is 10.1 Å². The maximum Gasteiger partial charge on any atom is 0.338 e. The van der Waals surface area contributed by atoms with Crippen LogP contribution in [0.5, 0.6) is 0 Å². The number of carbonyl (C=O) groups is 3. The van der Waals surface area contributed by atoms with Crippen LogP contribution in [0.1, 0.15) is 31.1 Å². The first kappa shape index (κ1) is 20.3. The van der Waals surface area contributed by atoms with E-state index in [0.717, 1.165) is 5.69 Å². The lowest BCUT2D eigenvalue weighted by molar-refractivity contribution is -0.131. The van der Waals surface area contributed by atoms with Crippen LogP contribution in [0.25, 0.3) is 5.69 Å². The molecule has 1 N–H and O–H groups in total. The molecule has 1 aliphatic rings. The van der Waals surface area contributed by atoms with Crippen LogP contribution in [0.4, 0.5) is 11.4 Å². The zero-order valence-electron chi connectivity index (χ0n) is 17.4. The van der Waals surface area contributed by atoms with Gasteiger partial charge in [0, 0.05) is 12.4 Å². The van der Waals surface area contributed by atoms with Gasteiger partial charge in [-0.05, 0) is 63.2 Å². The summed E-state index contributed by atoms with van der Waals surface area (Å²) in [6.45, 7) is 4.81. The summed E-state index contributed by atoms with van der Waals surface area (Å²) in [6, 6.07) is 15.5. The summed E-state index contributed by atoms with van der Waals surface area (Å²) in [7, 11) is 0. The molecular weight excluding hydrogens is 396 g/mol. The van der Waals surface area contributed by atoms with Crippen LogP contribution in [0.2, 0.25) is 0 Å². The summed E-state index contributed by atoms with van der Waals surface area (Å²) in [6.07, 6.45) is 2.37. The van der Waals surface area contributed by atoms with E-state index in [0.29, 0.717) is 16.9 Å². The Hall–Kier alpha value is -3.94. The van der Waals surface area contributed by atoms with Crippen molar-refractivity contribution in [1.29, 1.82) is 0 Å². The van der Waals surface area contributed by atoms with Crippen molar-refractivity contribution >= 4 is 29.2 Å². The van der Waals surface area contributed by atoms with E-state index in [1.807, 2.05) is 0 Å². The summed E-state index contributed by atoms with van der Waals surface area (Å²) in [5.41, 5.74) is 1.06. The SMILES string of the molecule is C[C@H](OC(=O)c1ccc(-n2cccn2)cc1)C(=O)N1c2ccccc2NC(=O)C1(C)C. The molecule has 0 aliphatic carbocycles. The second kappa shape index (κ2) is 7.71. The number of nitrogens with zero attached hydrogens (tertiary/aromatic N) is 3. The van der Waals surface area contributed by atoms with E-state index in [1.54, 1.807) is 85.5 Å². The minimum Gasteiger partial charge on any atom is -0.449 e. The first-order valence-corrected chi connectivity index (χ1v) is 9.84. The maximum absolute atomic E-state index is 13.3. The Labute approximate surface area is 179 Å². The molecule has 31 heavy (non-hydrogen) atoms. The molecule has 4 rings (SSSR count). The first-order valence-electron chi connectivity index (χ1n) is 9.84. The number of para-hydroxylation sites is 2. The second-order valence-electron chi connectivity index (χ2n) is 7.75. The standard InChI is InChI=1S/C23H22N4O4/c1-15(31-21(29)16-9-11-17(12-10-16)26-14-6-13-24-26)20(28)27-19-8-5-4-7-18(19)25-22(30)23(27,2)3/h4-15H,1-3H3,(H,25,30)/t15-/m0/s1. The number of benzene rings is 2. The minimum atomic E-state index is -1.14. The van der Waals surface area contributed by atoms with Crippen molar-refractivity contribution < 1.29 is 19.1 Å². The highest BCUT2D eigenvalue weighted by Gasteiger charge is 2.45. The quantitative estimate of drug-likeness (QED) is 0.657. The molecule has 1 aliphatic heterocycles. The molecule has 0 unspecified atom stereocenters. The van der Waals surface area contributed by atoms with Crippen LogP contribution in [0, 0.1) is 0 Å². The van der Waals surface area contributed by atoms with Crippen molar-refractivity contribution in [2.75, 3.05) is 10.2 Å². The van der Waals surface area contributed by atoms with Crippen molar-refractivity contribution in [2.45, 2.75) is 32.4 Å². The first-order chi connectivity index (χ1) is 14.8. The van der Waals surface area contributed by atoms with Gasteiger partial charge in [0.15, 0.2) is 6.10 Å². The van der Waals surface area contributed by atoms with E-state index in [1.165, 1.54) is 11.8 Å². The molecule has 0 radical (unpaired) electrons. The van der Waals surface area contributed by atoms with E-state index >= 15 is 0 Å². The predicted octanol–water partition coefficient (Wildman–Crippen LogP) is 3.18. The van der Waals surface area contributed by atoms with E-state index in [4.69, 9.17) is 4.74 Å². The van der Waals surface area contributed by atoms with Crippen LogP contribution in [-0.4, -0.2) is 39.2 Å². The molecule has 2 heterocycles. The van der Waals surface area contributed by atoms with Gasteiger partial charge in [-0.2, -0.15) is 5.10 Å². The van der Waals surface area contributed by atoms with E-state index in [-0.39, 0.29) is 5.91 Å². The van der Waals surface area contributed by atoms with E-state index in [9.17, 15) is 14.4 Å². The number of ether oxygens (including phenoxy) is 1. The Morgan fingerprint density at radius 3 is 2.45 bits per heavy atom. The summed E-state index contributed by atoms with van der Waals surface area (Å²) in [5, 5.41) is 6.95. The van der Waals surface area contributed by atoms with Crippen LogP contribution in [0.15, 0.2) is 67.0 Å². The third-order valence-electron chi connectivity index (χ3n) is 5.23. The number of carbonyl (C=O) groups excluding carboxylic acids is 3. The summed E-state index contributed by atoms with van der Waals surface area (Å²) in [4.78, 5) is 39.8. The Morgan fingerprint density at radius 2 is 1.77 bits per heavy atom. The van der Waals surface area contributed by atoms with Crippen LogP contribution in [0.3, 0.4) is 0 Å². The van der Waals surface area contributed by atoms with Gasteiger partial charge in [0.2, 0.25) is 5.91 Å². The smallest absolute Gasteiger partial charge is 0.338 e. The Balaban J connectivity index is 1.53. The zero-order chi connectivity index (χ0) is 22.2. The van der Waals surface area contributed by atoms with Crippen molar-refractivity contribution in [1.82, 2.24) is 9.78 Å². The lowest BCUT2D eigenvalue weighted by Gasteiger charge is -2.42. The fraction of sp³-hybridized carbons (Fsp3) is 0.217. The Kier molecular flexibility index (Phi) is 5.06. The second-order valence-corrected chi connectivity index (χ2v) is 7.75. The van der Waals surface area contributed by atoms with Gasteiger partial charge in [-0.25, -0.2) is 9.48 Å². The normalized spacial score (nSPS) is 15.6. The van der Waals surface area contributed by atoms with Gasteiger partial charge in [0.1, 0.15) is 5.54 Å². The van der Waals surface area contributed by atoms with Gasteiger partial charge in [0.25, 0.3) is 5.91 Å². The molecule has 158 valence electrons. The van der Waals surface area contributed by atoms with E-state index < -0.39 is 23.5 Å². The number of esters is 1. The number of fused-ring (bicyclic) bond motifs is 1. The van der Waals surface area contributed by atoms with Crippen LogP contribution < -0.4 is 10.2 Å². The van der Waals surface area contributed by atoms with Crippen molar-refractivity contribution in [3.63, 3.8) is 0 Å². The number of anilines is 2. The highest BCUT2D eigenvalue weighted by Crippen LogP contribution is 2.37. The van der Waals surface area contributed by atoms with Gasteiger partial charge in [-0.3, -0.25) is 14.5 Å². The monoisotopic (exact) mass is 418 g/mol.